The number of halogens is 1. The highest BCUT2D eigenvalue weighted by Crippen LogP contribution is 2.25. The highest BCUT2D eigenvalue weighted by atomic mass is 35.5. The molecule has 3 heterocycles. The predicted octanol–water partition coefficient (Wildman–Crippen LogP) is 4.49. The van der Waals surface area contributed by atoms with Crippen molar-refractivity contribution in [2.24, 2.45) is 0 Å². The fraction of sp³-hybridized carbons (Fsp3) is 0.227. The van der Waals surface area contributed by atoms with Gasteiger partial charge in [0.25, 0.3) is 5.91 Å². The lowest BCUT2D eigenvalue weighted by molar-refractivity contribution is 0.102. The Bertz CT molecular complexity index is 1250. The molecule has 164 valence electrons. The quantitative estimate of drug-likeness (QED) is 0.429. The molecule has 0 spiro atoms. The molecule has 10 heteroatoms. The summed E-state index contributed by atoms with van der Waals surface area (Å²) in [6.45, 7) is 3.93. The molecule has 32 heavy (non-hydrogen) atoms. The third-order valence-corrected chi connectivity index (χ3v) is 6.21. The molecule has 0 radical (unpaired) electrons. The molecule has 0 unspecified atom stereocenters. The molecule has 0 fully saturated rings. The van der Waals surface area contributed by atoms with Gasteiger partial charge in [-0.2, -0.15) is 5.10 Å². The van der Waals surface area contributed by atoms with Crippen molar-refractivity contribution in [2.75, 3.05) is 12.4 Å². The molecule has 0 aliphatic heterocycles. The normalized spacial score (nSPS) is 10.9. The minimum absolute atomic E-state index is 0.270. The molecule has 3 aromatic heterocycles. The second kappa shape index (κ2) is 9.46. The Hall–Kier alpha value is -3.30. The molecule has 1 N–H and O–H groups in total. The highest BCUT2D eigenvalue weighted by Gasteiger charge is 2.19. The first-order valence-corrected chi connectivity index (χ1v) is 11.1. The number of nitrogens with one attached hydrogen (secondary N) is 1. The zero-order valence-electron chi connectivity index (χ0n) is 17.8. The van der Waals surface area contributed by atoms with Gasteiger partial charge in [0, 0.05) is 28.6 Å². The Labute approximate surface area is 194 Å². The molecular formula is C22H21ClN6O2S. The van der Waals surface area contributed by atoms with Gasteiger partial charge in [0.1, 0.15) is 0 Å². The Balaban J connectivity index is 1.49. The third kappa shape index (κ3) is 4.63. The fourth-order valence-electron chi connectivity index (χ4n) is 3.19. The second-order valence-corrected chi connectivity index (χ2v) is 8.57. The van der Waals surface area contributed by atoms with E-state index in [0.717, 1.165) is 26.7 Å². The zero-order valence-corrected chi connectivity index (χ0v) is 19.4. The Morgan fingerprint density at radius 2 is 2.06 bits per heavy atom. The smallest absolute Gasteiger partial charge is 0.260 e. The second-order valence-electron chi connectivity index (χ2n) is 7.05. The van der Waals surface area contributed by atoms with Crippen LogP contribution in [0.4, 0.5) is 5.13 Å². The van der Waals surface area contributed by atoms with E-state index in [2.05, 4.69) is 25.6 Å². The van der Waals surface area contributed by atoms with Crippen LogP contribution in [0.1, 0.15) is 39.0 Å². The van der Waals surface area contributed by atoms with Gasteiger partial charge in [-0.25, -0.2) is 9.67 Å². The van der Waals surface area contributed by atoms with E-state index >= 15 is 0 Å². The predicted molar refractivity (Wildman–Crippen MR) is 124 cm³/mol. The number of amides is 1. The number of ether oxygens (including phenoxy) is 1. The molecule has 4 rings (SSSR count). The molecule has 4 aromatic rings. The van der Waals surface area contributed by atoms with Crippen molar-refractivity contribution in [1.29, 1.82) is 0 Å². The summed E-state index contributed by atoms with van der Waals surface area (Å²) in [4.78, 5) is 18.3. The van der Waals surface area contributed by atoms with Crippen molar-refractivity contribution in [3.63, 3.8) is 0 Å². The fourth-order valence-corrected chi connectivity index (χ4v) is 4.24. The Morgan fingerprint density at radius 1 is 1.22 bits per heavy atom. The van der Waals surface area contributed by atoms with E-state index in [4.69, 9.17) is 16.3 Å². The van der Waals surface area contributed by atoms with Gasteiger partial charge in [0.15, 0.2) is 10.9 Å². The van der Waals surface area contributed by atoms with Gasteiger partial charge in [-0.3, -0.25) is 10.1 Å². The van der Waals surface area contributed by atoms with Crippen molar-refractivity contribution < 1.29 is 9.53 Å². The number of carbonyl (C=O) groups excluding carboxylic acids is 1. The van der Waals surface area contributed by atoms with E-state index in [1.165, 1.54) is 24.6 Å². The SMILES string of the molecule is CCc1c(C(=O)Nc2ncc(Cc3ccc(C)c(Cl)c3)s2)cnn1-c1ccc(OC)nn1. The average Bonchev–Trinajstić information content (AvgIpc) is 3.43. The van der Waals surface area contributed by atoms with Crippen LogP contribution in [-0.4, -0.2) is 38.0 Å². The van der Waals surface area contributed by atoms with Gasteiger partial charge >= 0.3 is 0 Å². The first kappa shape index (κ1) is 21.9. The van der Waals surface area contributed by atoms with Crippen molar-refractivity contribution in [3.05, 3.63) is 75.0 Å². The topological polar surface area (TPSA) is 94.8 Å². The lowest BCUT2D eigenvalue weighted by Gasteiger charge is -2.07. The van der Waals surface area contributed by atoms with Crippen LogP contribution in [-0.2, 0) is 12.8 Å². The lowest BCUT2D eigenvalue weighted by atomic mass is 10.1. The number of hydrogen-bond donors (Lipinski definition) is 1. The third-order valence-electron chi connectivity index (χ3n) is 4.89. The van der Waals surface area contributed by atoms with Crippen LogP contribution in [0.2, 0.25) is 5.02 Å². The Kier molecular flexibility index (Phi) is 6.48. The minimum atomic E-state index is -0.270. The van der Waals surface area contributed by atoms with Gasteiger partial charge in [-0.1, -0.05) is 30.7 Å². The first-order valence-electron chi connectivity index (χ1n) is 9.94. The molecule has 8 nitrogen and oxygen atoms in total. The van der Waals surface area contributed by atoms with E-state index in [0.29, 0.717) is 35.2 Å². The monoisotopic (exact) mass is 468 g/mol. The summed E-state index contributed by atoms with van der Waals surface area (Å²) in [5.74, 6) is 0.647. The maximum absolute atomic E-state index is 12.9. The van der Waals surface area contributed by atoms with E-state index in [1.54, 1.807) is 23.0 Å². The summed E-state index contributed by atoms with van der Waals surface area (Å²) < 4.78 is 6.65. The van der Waals surface area contributed by atoms with E-state index in [-0.39, 0.29) is 5.91 Å². The molecule has 0 bridgehead atoms. The molecule has 0 aliphatic rings. The number of thiazole rings is 1. The van der Waals surface area contributed by atoms with Crippen LogP contribution >= 0.6 is 22.9 Å². The zero-order chi connectivity index (χ0) is 22.7. The van der Waals surface area contributed by atoms with Crippen molar-refractivity contribution in [2.45, 2.75) is 26.7 Å². The number of rotatable bonds is 7. The summed E-state index contributed by atoms with van der Waals surface area (Å²) in [6, 6.07) is 9.44. The van der Waals surface area contributed by atoms with Crippen molar-refractivity contribution in [1.82, 2.24) is 25.0 Å². The van der Waals surface area contributed by atoms with Crippen LogP contribution in [0.5, 0.6) is 5.88 Å². The number of aromatic nitrogens is 5. The molecule has 0 saturated carbocycles. The molecular weight excluding hydrogens is 448 g/mol. The number of hydrogen-bond acceptors (Lipinski definition) is 7. The lowest BCUT2D eigenvalue weighted by Crippen LogP contribution is -2.14. The molecule has 0 saturated heterocycles. The maximum Gasteiger partial charge on any atom is 0.260 e. The summed E-state index contributed by atoms with van der Waals surface area (Å²) in [5.41, 5.74) is 3.33. The number of anilines is 1. The molecule has 0 atom stereocenters. The number of aryl methyl sites for hydroxylation is 1. The van der Waals surface area contributed by atoms with Crippen LogP contribution in [0.3, 0.4) is 0 Å². The number of benzene rings is 1. The first-order chi connectivity index (χ1) is 15.5. The molecule has 1 amide bonds. The summed E-state index contributed by atoms with van der Waals surface area (Å²) >= 11 is 7.65. The maximum atomic E-state index is 12.9. The van der Waals surface area contributed by atoms with Crippen LogP contribution in [0.25, 0.3) is 5.82 Å². The average molecular weight is 469 g/mol. The van der Waals surface area contributed by atoms with Gasteiger partial charge in [0.2, 0.25) is 5.88 Å². The van der Waals surface area contributed by atoms with Crippen molar-refractivity contribution in [3.8, 4) is 11.7 Å². The minimum Gasteiger partial charge on any atom is -0.480 e. The van der Waals surface area contributed by atoms with Crippen LogP contribution < -0.4 is 10.1 Å². The van der Waals surface area contributed by atoms with E-state index in [9.17, 15) is 4.79 Å². The van der Waals surface area contributed by atoms with E-state index in [1.807, 2.05) is 32.0 Å². The molecule has 1 aromatic carbocycles. The van der Waals surface area contributed by atoms with E-state index < -0.39 is 0 Å². The highest BCUT2D eigenvalue weighted by molar-refractivity contribution is 7.15. The van der Waals surface area contributed by atoms with Crippen molar-refractivity contribution >= 4 is 34.0 Å². The van der Waals surface area contributed by atoms with Gasteiger partial charge in [-0.15, -0.1) is 21.5 Å². The van der Waals surface area contributed by atoms with Gasteiger partial charge in [-0.05, 0) is 36.6 Å². The Morgan fingerprint density at radius 3 is 2.75 bits per heavy atom. The number of methoxy groups -OCH3 is 1. The molecule has 0 aliphatic carbocycles. The van der Waals surface area contributed by atoms with Gasteiger partial charge < -0.3 is 4.74 Å². The largest absolute Gasteiger partial charge is 0.480 e. The number of nitrogens with zero attached hydrogens (tertiary/aromatic N) is 5. The van der Waals surface area contributed by atoms with Crippen LogP contribution in [0, 0.1) is 6.92 Å². The summed E-state index contributed by atoms with van der Waals surface area (Å²) in [5, 5.41) is 16.6. The summed E-state index contributed by atoms with van der Waals surface area (Å²) in [7, 11) is 1.53. The van der Waals surface area contributed by atoms with Crippen LogP contribution in [0.15, 0.2) is 42.7 Å². The number of carbonyl (C=O) groups is 1. The summed E-state index contributed by atoms with van der Waals surface area (Å²) in [6.07, 6.45) is 4.59. The standard InChI is InChI=1S/C22H21ClN6O2S/c1-4-18-16(12-25-29(18)19-7-8-20(31-3)28-27-19)21(30)26-22-24-11-15(32-22)9-14-6-5-13(2)17(23)10-14/h5-8,10-12H,4,9H2,1-3H3,(H,24,26,30). The van der Waals surface area contributed by atoms with Gasteiger partial charge in [0.05, 0.1) is 24.6 Å².